The molecule has 1 saturated carbocycles. The number of benzene rings is 3. The van der Waals surface area contributed by atoms with Gasteiger partial charge in [-0.3, -0.25) is 0 Å². The van der Waals surface area contributed by atoms with Gasteiger partial charge in [0.25, 0.3) is 0 Å². The molecular formula is C47H49IrN3SSi-2. The third-order valence-electron chi connectivity index (χ3n) is 10.4. The molecule has 0 atom stereocenters. The zero-order valence-corrected chi connectivity index (χ0v) is 35.8. The van der Waals surface area contributed by atoms with Gasteiger partial charge in [-0.1, -0.05) is 142 Å². The first-order valence-electron chi connectivity index (χ1n) is 18.9. The van der Waals surface area contributed by atoms with Crippen molar-refractivity contribution in [2.45, 2.75) is 84.4 Å². The molecular weight excluding hydrogens is 859 g/mol. The molecule has 0 amide bonds. The van der Waals surface area contributed by atoms with Crippen molar-refractivity contribution in [3.05, 3.63) is 144 Å². The Morgan fingerprint density at radius 3 is 2.32 bits per heavy atom. The van der Waals surface area contributed by atoms with Crippen LogP contribution in [0.15, 0.2) is 110 Å². The summed E-state index contributed by atoms with van der Waals surface area (Å²) in [5, 5.41) is 3.95. The van der Waals surface area contributed by atoms with Crippen molar-refractivity contribution in [3.63, 3.8) is 0 Å². The van der Waals surface area contributed by atoms with Crippen molar-refractivity contribution < 1.29 is 20.1 Å². The summed E-state index contributed by atoms with van der Waals surface area (Å²) in [4.78, 5) is 13.9. The summed E-state index contributed by atoms with van der Waals surface area (Å²) in [6, 6.07) is 35.6. The molecule has 1 aliphatic rings. The van der Waals surface area contributed by atoms with E-state index in [2.05, 4.69) is 130 Å². The van der Waals surface area contributed by atoms with Gasteiger partial charge in [-0.15, -0.1) is 35.9 Å². The van der Waals surface area contributed by atoms with Gasteiger partial charge in [-0.2, -0.15) is 11.3 Å². The molecule has 273 valence electrons. The van der Waals surface area contributed by atoms with Gasteiger partial charge in [-0.05, 0) is 87.0 Å². The van der Waals surface area contributed by atoms with Crippen LogP contribution < -0.4 is 5.19 Å². The number of nitrogens with zero attached hydrogens (tertiary/aromatic N) is 3. The molecule has 53 heavy (non-hydrogen) atoms. The predicted molar refractivity (Wildman–Crippen MR) is 224 cm³/mol. The molecule has 1 fully saturated rings. The summed E-state index contributed by atoms with van der Waals surface area (Å²) in [6.07, 6.45) is 18.3. The Hall–Kier alpha value is -3.80. The molecule has 0 spiro atoms. The normalized spacial score (nSPS) is 13.5. The fourth-order valence-electron chi connectivity index (χ4n) is 7.49. The van der Waals surface area contributed by atoms with E-state index >= 15 is 0 Å². The van der Waals surface area contributed by atoms with Crippen LogP contribution in [0.4, 0.5) is 0 Å². The van der Waals surface area contributed by atoms with Gasteiger partial charge in [0.15, 0.2) is 0 Å². The van der Waals surface area contributed by atoms with E-state index in [4.69, 9.17) is 9.97 Å². The average molecular weight is 908 g/mol. The Labute approximate surface area is 334 Å². The van der Waals surface area contributed by atoms with E-state index in [1.807, 2.05) is 41.9 Å². The van der Waals surface area contributed by atoms with Crippen molar-refractivity contribution >= 4 is 44.8 Å². The van der Waals surface area contributed by atoms with Crippen molar-refractivity contribution in [2.75, 3.05) is 0 Å². The van der Waals surface area contributed by atoms with E-state index in [9.17, 15) is 0 Å². The number of rotatable bonds is 8. The van der Waals surface area contributed by atoms with Crippen LogP contribution in [-0.4, -0.2) is 23.0 Å². The largest absolute Gasteiger partial charge is 0.359 e. The molecule has 1 radical (unpaired) electrons. The number of hydrogen-bond acceptors (Lipinski definition) is 4. The first-order valence-corrected chi connectivity index (χ1v) is 23.2. The smallest absolute Gasteiger partial charge is 0.0799 e. The maximum absolute atomic E-state index is 4.72. The third-order valence-corrected chi connectivity index (χ3v) is 13.6. The summed E-state index contributed by atoms with van der Waals surface area (Å²) in [6.45, 7) is 11.6. The summed E-state index contributed by atoms with van der Waals surface area (Å²) in [7, 11) is -1.43. The van der Waals surface area contributed by atoms with Crippen molar-refractivity contribution in [1.82, 2.24) is 15.0 Å². The second-order valence-corrected chi connectivity index (χ2v) is 21.8. The molecule has 6 heteroatoms. The minimum absolute atomic E-state index is 0. The molecule has 8 rings (SSSR count). The fraction of sp³-hybridized carbons (Fsp3) is 0.298. The number of hydrogen-bond donors (Lipinski definition) is 0. The summed E-state index contributed by atoms with van der Waals surface area (Å²) < 4.78 is 2.57. The number of aromatic nitrogens is 3. The summed E-state index contributed by atoms with van der Waals surface area (Å²) in [5.41, 5.74) is 9.65. The molecule has 7 aromatic rings. The van der Waals surface area contributed by atoms with Crippen LogP contribution >= 0.6 is 11.3 Å². The number of fused-ring (bicyclic) bond motifs is 3. The Morgan fingerprint density at radius 2 is 1.58 bits per heavy atom. The monoisotopic (exact) mass is 908 g/mol. The van der Waals surface area contributed by atoms with Crippen molar-refractivity contribution in [2.24, 2.45) is 5.92 Å². The number of thiophene rings is 1. The van der Waals surface area contributed by atoms with Gasteiger partial charge in [-0.25, -0.2) is 0 Å². The van der Waals surface area contributed by atoms with Crippen LogP contribution in [0.1, 0.15) is 74.1 Å². The van der Waals surface area contributed by atoms with E-state index < -0.39 is 8.07 Å². The predicted octanol–water partition coefficient (Wildman–Crippen LogP) is 12.2. The SMILES string of the molecule is CC(C)c1ccc2c(c1)sc1c(-c3cc(CC4CCCCC4)ccn3)[c-]ncc12.C[Si](C)(C)c1cnc(-c2[c-]cccc2)cc1Cc1ccccc1.[Ir]. The molecule has 0 aliphatic heterocycles. The fourth-order valence-corrected chi connectivity index (χ4v) is 10.3. The van der Waals surface area contributed by atoms with E-state index in [1.54, 1.807) is 0 Å². The van der Waals surface area contributed by atoms with Gasteiger partial charge >= 0.3 is 0 Å². The molecule has 4 aromatic heterocycles. The van der Waals surface area contributed by atoms with E-state index in [1.165, 1.54) is 86.1 Å². The maximum atomic E-state index is 4.72. The van der Waals surface area contributed by atoms with E-state index in [-0.39, 0.29) is 20.1 Å². The van der Waals surface area contributed by atoms with Gasteiger partial charge in [0.1, 0.15) is 0 Å². The maximum Gasteiger partial charge on any atom is 0.0799 e. The molecule has 0 unspecified atom stereocenters. The molecule has 0 saturated heterocycles. The first kappa shape index (κ1) is 38.9. The second-order valence-electron chi connectivity index (χ2n) is 15.7. The molecule has 3 nitrogen and oxygen atoms in total. The molecule has 1 aliphatic carbocycles. The Bertz CT molecular complexity index is 2250. The Morgan fingerprint density at radius 1 is 0.792 bits per heavy atom. The van der Waals surface area contributed by atoms with Gasteiger partial charge in [0.05, 0.1) is 8.07 Å². The third kappa shape index (κ3) is 9.47. The molecule has 4 heterocycles. The standard InChI is InChI=1S/C26H27N2S.C21H22NSi.Ir/c1-17(2)20-8-9-21-22-15-27-16-23(26(22)29-25(21)14-20)24-13-19(10-11-28-24)12-18-6-4-3-5-7-18;1-23(2,3)21-16-22-20(18-12-8-5-9-13-18)15-19(21)14-17-10-6-4-7-11-17;/h8-11,13-15,17-18H,3-7,12H2,1-2H3;4-12,15-16H,14H2,1-3H3;/q2*-1;. The van der Waals surface area contributed by atoms with Crippen LogP contribution in [-0.2, 0) is 32.9 Å². The van der Waals surface area contributed by atoms with Gasteiger partial charge in [0, 0.05) is 37.2 Å². The summed E-state index contributed by atoms with van der Waals surface area (Å²) >= 11 is 1.84. The first-order chi connectivity index (χ1) is 25.2. The average Bonchev–Trinajstić information content (AvgIpc) is 3.54. The van der Waals surface area contributed by atoms with Crippen molar-refractivity contribution in [1.29, 1.82) is 0 Å². The zero-order chi connectivity index (χ0) is 36.1. The van der Waals surface area contributed by atoms with E-state index in [0.717, 1.165) is 34.9 Å². The number of pyridine rings is 3. The second kappa shape index (κ2) is 17.6. The van der Waals surface area contributed by atoms with E-state index in [0.29, 0.717) is 5.92 Å². The van der Waals surface area contributed by atoms with Crippen molar-refractivity contribution in [3.8, 4) is 22.5 Å². The Kier molecular flexibility index (Phi) is 12.9. The zero-order valence-electron chi connectivity index (χ0n) is 31.6. The van der Waals surface area contributed by atoms with Crippen LogP contribution in [0.5, 0.6) is 0 Å². The molecule has 3 aromatic carbocycles. The Balaban J connectivity index is 0.000000183. The van der Waals surface area contributed by atoms with Crippen LogP contribution in [0, 0.1) is 18.2 Å². The van der Waals surface area contributed by atoms with Crippen LogP contribution in [0.2, 0.25) is 19.6 Å². The van der Waals surface area contributed by atoms with Crippen LogP contribution in [0.3, 0.4) is 0 Å². The van der Waals surface area contributed by atoms with Gasteiger partial charge < -0.3 is 15.0 Å². The quantitative estimate of drug-likeness (QED) is 0.113. The topological polar surface area (TPSA) is 38.7 Å². The minimum Gasteiger partial charge on any atom is -0.359 e. The summed E-state index contributed by atoms with van der Waals surface area (Å²) in [5.74, 6) is 1.36. The molecule has 0 N–H and O–H groups in total. The molecule has 0 bridgehead atoms. The van der Waals surface area contributed by atoms with Crippen LogP contribution in [0.25, 0.3) is 42.7 Å². The van der Waals surface area contributed by atoms with Gasteiger partial charge in [0.2, 0.25) is 0 Å². The minimum atomic E-state index is -1.43.